The zero-order valence-corrected chi connectivity index (χ0v) is 14.2. The Morgan fingerprint density at radius 2 is 2.08 bits per heavy atom. The van der Waals surface area contributed by atoms with Crippen molar-refractivity contribution in [3.05, 3.63) is 59.4 Å². The van der Waals surface area contributed by atoms with E-state index in [0.717, 1.165) is 28.6 Å². The van der Waals surface area contributed by atoms with Crippen molar-refractivity contribution in [1.29, 1.82) is 0 Å². The number of hydrogen-bond donors (Lipinski definition) is 2. The average molecular weight is 341 g/mol. The number of furan rings is 1. The number of rotatable bonds is 7. The van der Waals surface area contributed by atoms with E-state index >= 15 is 0 Å². The second-order valence-electron chi connectivity index (χ2n) is 5.40. The SMILES string of the molecule is CC(=O)NCCc1ccc(-c2csc(NCc3ccco3)n2)cc1. The van der Waals surface area contributed by atoms with E-state index in [2.05, 4.69) is 39.9 Å². The Bertz CT molecular complexity index is 779. The minimum absolute atomic E-state index is 0.00340. The van der Waals surface area contributed by atoms with Gasteiger partial charge in [0.1, 0.15) is 5.76 Å². The summed E-state index contributed by atoms with van der Waals surface area (Å²) in [5.74, 6) is 0.888. The van der Waals surface area contributed by atoms with Gasteiger partial charge in [-0.05, 0) is 24.1 Å². The van der Waals surface area contributed by atoms with E-state index in [0.29, 0.717) is 13.1 Å². The van der Waals surface area contributed by atoms with Crippen LogP contribution in [0.3, 0.4) is 0 Å². The molecule has 0 aliphatic heterocycles. The summed E-state index contributed by atoms with van der Waals surface area (Å²) in [6, 6.07) is 12.1. The summed E-state index contributed by atoms with van der Waals surface area (Å²) in [4.78, 5) is 15.5. The molecule has 2 heterocycles. The second kappa shape index (κ2) is 7.79. The molecule has 24 heavy (non-hydrogen) atoms. The molecule has 0 radical (unpaired) electrons. The van der Waals surface area contributed by atoms with Crippen molar-refractivity contribution in [2.75, 3.05) is 11.9 Å². The fourth-order valence-electron chi connectivity index (χ4n) is 2.29. The smallest absolute Gasteiger partial charge is 0.216 e. The van der Waals surface area contributed by atoms with E-state index in [1.807, 2.05) is 17.5 Å². The fourth-order valence-corrected chi connectivity index (χ4v) is 3.01. The van der Waals surface area contributed by atoms with Crippen LogP contribution in [0, 0.1) is 0 Å². The molecule has 3 rings (SSSR count). The molecule has 0 atom stereocenters. The van der Waals surface area contributed by atoms with Crippen LogP contribution in [0.5, 0.6) is 0 Å². The molecule has 0 fully saturated rings. The number of nitrogens with one attached hydrogen (secondary N) is 2. The Morgan fingerprint density at radius 1 is 1.25 bits per heavy atom. The van der Waals surface area contributed by atoms with Crippen molar-refractivity contribution < 1.29 is 9.21 Å². The van der Waals surface area contributed by atoms with E-state index in [4.69, 9.17) is 4.42 Å². The first-order valence-electron chi connectivity index (χ1n) is 7.76. The number of hydrogen-bond acceptors (Lipinski definition) is 5. The molecule has 2 N–H and O–H groups in total. The van der Waals surface area contributed by atoms with Gasteiger partial charge in [0.2, 0.25) is 5.91 Å². The van der Waals surface area contributed by atoms with Gasteiger partial charge in [-0.25, -0.2) is 4.98 Å². The van der Waals surface area contributed by atoms with E-state index in [9.17, 15) is 4.79 Å². The molecule has 0 aliphatic rings. The number of carbonyl (C=O) groups is 1. The third kappa shape index (κ3) is 4.45. The van der Waals surface area contributed by atoms with Crippen molar-refractivity contribution in [3.8, 4) is 11.3 Å². The van der Waals surface area contributed by atoms with Crippen molar-refractivity contribution in [2.45, 2.75) is 19.9 Å². The Labute approximate surface area is 144 Å². The number of benzene rings is 1. The molecule has 6 heteroatoms. The van der Waals surface area contributed by atoms with Gasteiger partial charge in [0.25, 0.3) is 0 Å². The minimum atomic E-state index is 0.00340. The third-order valence-electron chi connectivity index (χ3n) is 3.54. The van der Waals surface area contributed by atoms with Crippen molar-refractivity contribution in [1.82, 2.24) is 10.3 Å². The molecule has 0 spiro atoms. The van der Waals surface area contributed by atoms with E-state index in [1.165, 1.54) is 12.5 Å². The second-order valence-corrected chi connectivity index (χ2v) is 6.26. The number of nitrogens with zero attached hydrogens (tertiary/aromatic N) is 1. The van der Waals surface area contributed by atoms with Gasteiger partial charge in [0.15, 0.2) is 5.13 Å². The quantitative estimate of drug-likeness (QED) is 0.688. The average Bonchev–Trinajstić information content (AvgIpc) is 3.25. The van der Waals surface area contributed by atoms with Crippen LogP contribution in [-0.4, -0.2) is 17.4 Å². The van der Waals surface area contributed by atoms with E-state index in [-0.39, 0.29) is 5.91 Å². The summed E-state index contributed by atoms with van der Waals surface area (Å²) in [5.41, 5.74) is 3.23. The van der Waals surface area contributed by atoms with Crippen molar-refractivity contribution >= 4 is 22.4 Å². The molecule has 1 amide bonds. The lowest BCUT2D eigenvalue weighted by molar-refractivity contribution is -0.118. The molecule has 1 aromatic carbocycles. The third-order valence-corrected chi connectivity index (χ3v) is 4.34. The molecular weight excluding hydrogens is 322 g/mol. The first-order chi connectivity index (χ1) is 11.7. The van der Waals surface area contributed by atoms with Crippen LogP contribution in [0.25, 0.3) is 11.3 Å². The topological polar surface area (TPSA) is 67.2 Å². The fraction of sp³-hybridized carbons (Fsp3) is 0.222. The van der Waals surface area contributed by atoms with Gasteiger partial charge in [0, 0.05) is 24.4 Å². The summed E-state index contributed by atoms with van der Waals surface area (Å²) < 4.78 is 5.29. The van der Waals surface area contributed by atoms with Gasteiger partial charge in [-0.1, -0.05) is 24.3 Å². The first kappa shape index (κ1) is 16.3. The van der Waals surface area contributed by atoms with Crippen molar-refractivity contribution in [2.24, 2.45) is 0 Å². The lowest BCUT2D eigenvalue weighted by Gasteiger charge is -2.04. The van der Waals surface area contributed by atoms with Crippen molar-refractivity contribution in [3.63, 3.8) is 0 Å². The molecule has 0 saturated carbocycles. The standard InChI is InChI=1S/C18H19N3O2S/c1-13(22)19-9-8-14-4-6-15(7-5-14)17-12-24-18(21-17)20-11-16-3-2-10-23-16/h2-7,10,12H,8-9,11H2,1H3,(H,19,22)(H,20,21). The van der Waals surface area contributed by atoms with Crippen LogP contribution < -0.4 is 10.6 Å². The minimum Gasteiger partial charge on any atom is -0.467 e. The summed E-state index contributed by atoms with van der Waals surface area (Å²) in [7, 11) is 0. The normalized spacial score (nSPS) is 10.5. The molecule has 2 aromatic heterocycles. The van der Waals surface area contributed by atoms with Gasteiger partial charge in [-0.15, -0.1) is 11.3 Å². The molecule has 0 bridgehead atoms. The summed E-state index contributed by atoms with van der Waals surface area (Å²) in [6.45, 7) is 2.82. The van der Waals surface area contributed by atoms with Gasteiger partial charge in [-0.3, -0.25) is 4.79 Å². The molecule has 3 aromatic rings. The summed E-state index contributed by atoms with van der Waals surface area (Å²) in [6.07, 6.45) is 2.49. The van der Waals surface area contributed by atoms with Gasteiger partial charge in [-0.2, -0.15) is 0 Å². The molecule has 0 unspecified atom stereocenters. The van der Waals surface area contributed by atoms with E-state index < -0.39 is 0 Å². The largest absolute Gasteiger partial charge is 0.467 e. The highest BCUT2D eigenvalue weighted by molar-refractivity contribution is 7.14. The maximum atomic E-state index is 10.9. The number of aromatic nitrogens is 1. The summed E-state index contributed by atoms with van der Waals surface area (Å²) in [5, 5.41) is 8.97. The maximum absolute atomic E-state index is 10.9. The highest BCUT2D eigenvalue weighted by atomic mass is 32.1. The molecule has 0 aliphatic carbocycles. The molecule has 5 nitrogen and oxygen atoms in total. The lowest BCUT2D eigenvalue weighted by Crippen LogP contribution is -2.22. The Morgan fingerprint density at radius 3 is 2.79 bits per heavy atom. The zero-order valence-electron chi connectivity index (χ0n) is 13.4. The van der Waals surface area contributed by atoms with Crippen LogP contribution in [0.1, 0.15) is 18.2 Å². The number of amides is 1. The van der Waals surface area contributed by atoms with Crippen LogP contribution in [0.4, 0.5) is 5.13 Å². The van der Waals surface area contributed by atoms with Crippen LogP contribution in [-0.2, 0) is 17.8 Å². The van der Waals surface area contributed by atoms with Crippen LogP contribution in [0.2, 0.25) is 0 Å². The monoisotopic (exact) mass is 341 g/mol. The zero-order chi connectivity index (χ0) is 16.8. The van der Waals surface area contributed by atoms with Gasteiger partial charge >= 0.3 is 0 Å². The lowest BCUT2D eigenvalue weighted by atomic mass is 10.1. The number of anilines is 1. The molecular formula is C18H19N3O2S. The molecule has 124 valence electrons. The predicted octanol–water partition coefficient (Wildman–Crippen LogP) is 3.69. The van der Waals surface area contributed by atoms with E-state index in [1.54, 1.807) is 17.6 Å². The Kier molecular flexibility index (Phi) is 5.28. The van der Waals surface area contributed by atoms with Crippen LogP contribution in [0.15, 0.2) is 52.5 Å². The van der Waals surface area contributed by atoms with Gasteiger partial charge < -0.3 is 15.1 Å². The molecule has 0 saturated heterocycles. The first-order valence-corrected chi connectivity index (χ1v) is 8.64. The highest BCUT2D eigenvalue weighted by Crippen LogP contribution is 2.25. The summed E-state index contributed by atoms with van der Waals surface area (Å²) >= 11 is 1.58. The number of thiazole rings is 1. The maximum Gasteiger partial charge on any atom is 0.216 e. The number of carbonyl (C=O) groups excluding carboxylic acids is 1. The predicted molar refractivity (Wildman–Crippen MR) is 96.0 cm³/mol. The Hall–Kier alpha value is -2.60. The Balaban J connectivity index is 1.57. The highest BCUT2D eigenvalue weighted by Gasteiger charge is 2.05. The van der Waals surface area contributed by atoms with Gasteiger partial charge in [0.05, 0.1) is 18.5 Å². The van der Waals surface area contributed by atoms with Crippen LogP contribution >= 0.6 is 11.3 Å².